The number of amides is 1. The Morgan fingerprint density at radius 1 is 1.13 bits per heavy atom. The van der Waals surface area contributed by atoms with Crippen LogP contribution in [0, 0.1) is 0 Å². The van der Waals surface area contributed by atoms with Crippen molar-refractivity contribution in [1.29, 1.82) is 0 Å². The maximum atomic E-state index is 12.0. The van der Waals surface area contributed by atoms with Gasteiger partial charge in [-0.25, -0.2) is 0 Å². The van der Waals surface area contributed by atoms with E-state index in [1.165, 1.54) is 18.9 Å². The number of hydrogen-bond donors (Lipinski definition) is 1. The number of halogens is 3. The summed E-state index contributed by atoms with van der Waals surface area (Å²) in [5, 5.41) is 4.44. The van der Waals surface area contributed by atoms with Gasteiger partial charge in [-0.3, -0.25) is 4.79 Å². The van der Waals surface area contributed by atoms with Crippen molar-refractivity contribution >= 4 is 58.2 Å². The zero-order valence-corrected chi connectivity index (χ0v) is 15.3. The fraction of sp³-hybridized carbons (Fsp3) is 0.188. The van der Waals surface area contributed by atoms with Gasteiger partial charge in [0.1, 0.15) is 5.75 Å². The van der Waals surface area contributed by atoms with E-state index in [9.17, 15) is 4.79 Å². The zero-order valence-electron chi connectivity index (χ0n) is 12.2. The Bertz CT molecular complexity index is 689. The molecule has 0 unspecified atom stereocenters. The van der Waals surface area contributed by atoms with Crippen LogP contribution >= 0.6 is 46.6 Å². The van der Waals surface area contributed by atoms with Gasteiger partial charge in [-0.1, -0.05) is 40.9 Å². The SMILES string of the molecule is COc1ccc(NC(=O)CSCc2c(Cl)cccc2Cl)cc1Cl. The third-order valence-corrected chi connectivity index (χ3v) is 4.94. The minimum absolute atomic E-state index is 0.126. The molecule has 1 amide bonds. The van der Waals surface area contributed by atoms with Crippen LogP contribution in [0.4, 0.5) is 5.69 Å². The number of carbonyl (C=O) groups is 1. The lowest BCUT2D eigenvalue weighted by Gasteiger charge is -2.09. The maximum Gasteiger partial charge on any atom is 0.234 e. The number of thioether (sulfide) groups is 1. The molecule has 0 bridgehead atoms. The lowest BCUT2D eigenvalue weighted by atomic mass is 10.2. The molecule has 0 heterocycles. The molecule has 2 aromatic carbocycles. The fourth-order valence-corrected chi connectivity index (χ4v) is 3.68. The second kappa shape index (κ2) is 8.69. The number of nitrogens with one attached hydrogen (secondary N) is 1. The first-order valence-electron chi connectivity index (χ1n) is 6.65. The van der Waals surface area contributed by atoms with E-state index in [1.807, 2.05) is 0 Å². The highest BCUT2D eigenvalue weighted by Crippen LogP contribution is 2.29. The number of benzene rings is 2. The molecule has 0 saturated carbocycles. The Labute approximate surface area is 154 Å². The first-order valence-corrected chi connectivity index (χ1v) is 8.94. The van der Waals surface area contributed by atoms with E-state index in [1.54, 1.807) is 36.4 Å². The summed E-state index contributed by atoms with van der Waals surface area (Å²) >= 11 is 19.6. The highest BCUT2D eigenvalue weighted by Gasteiger charge is 2.09. The minimum atomic E-state index is -0.126. The van der Waals surface area contributed by atoms with Gasteiger partial charge in [0.05, 0.1) is 17.9 Å². The molecular formula is C16H14Cl3NO2S. The quantitative estimate of drug-likeness (QED) is 0.705. The van der Waals surface area contributed by atoms with Crippen molar-refractivity contribution in [2.75, 3.05) is 18.2 Å². The summed E-state index contributed by atoms with van der Waals surface area (Å²) in [5.41, 5.74) is 1.46. The van der Waals surface area contributed by atoms with Crippen LogP contribution in [0.1, 0.15) is 5.56 Å². The van der Waals surface area contributed by atoms with Gasteiger partial charge in [-0.15, -0.1) is 11.8 Å². The molecule has 0 aromatic heterocycles. The van der Waals surface area contributed by atoms with Gasteiger partial charge in [-0.2, -0.15) is 0 Å². The molecular weight excluding hydrogens is 377 g/mol. The number of ether oxygens (including phenoxy) is 1. The summed E-state index contributed by atoms with van der Waals surface area (Å²) in [6.45, 7) is 0. The van der Waals surface area contributed by atoms with Crippen LogP contribution in [-0.4, -0.2) is 18.8 Å². The molecule has 0 saturated heterocycles. The lowest BCUT2D eigenvalue weighted by molar-refractivity contribution is -0.113. The van der Waals surface area contributed by atoms with Crippen molar-refractivity contribution in [3.8, 4) is 5.75 Å². The van der Waals surface area contributed by atoms with Crippen LogP contribution in [0.5, 0.6) is 5.75 Å². The van der Waals surface area contributed by atoms with Crippen LogP contribution in [-0.2, 0) is 10.5 Å². The number of carbonyl (C=O) groups excluding carboxylic acids is 1. The van der Waals surface area contributed by atoms with Crippen molar-refractivity contribution in [1.82, 2.24) is 0 Å². The molecule has 7 heteroatoms. The fourth-order valence-electron chi connectivity index (χ4n) is 1.86. The Balaban J connectivity index is 1.87. The molecule has 122 valence electrons. The molecule has 0 fully saturated rings. The smallest absolute Gasteiger partial charge is 0.234 e. The first-order chi connectivity index (χ1) is 11.0. The highest BCUT2D eigenvalue weighted by molar-refractivity contribution is 7.99. The topological polar surface area (TPSA) is 38.3 Å². The molecule has 2 aromatic rings. The van der Waals surface area contributed by atoms with E-state index in [0.717, 1.165) is 5.56 Å². The molecule has 0 aliphatic rings. The maximum absolute atomic E-state index is 12.0. The Morgan fingerprint density at radius 2 is 1.83 bits per heavy atom. The van der Waals surface area contributed by atoms with Gasteiger partial charge in [0.2, 0.25) is 5.91 Å². The number of rotatable bonds is 6. The summed E-state index contributed by atoms with van der Waals surface area (Å²) in [5.74, 6) is 1.28. The summed E-state index contributed by atoms with van der Waals surface area (Å²) in [7, 11) is 1.54. The van der Waals surface area contributed by atoms with E-state index >= 15 is 0 Å². The summed E-state index contributed by atoms with van der Waals surface area (Å²) < 4.78 is 5.07. The van der Waals surface area contributed by atoms with Gasteiger partial charge in [-0.05, 0) is 35.9 Å². The lowest BCUT2D eigenvalue weighted by Crippen LogP contribution is -2.14. The Morgan fingerprint density at radius 3 is 2.43 bits per heavy atom. The molecule has 0 aliphatic heterocycles. The molecule has 0 spiro atoms. The van der Waals surface area contributed by atoms with Crippen molar-refractivity contribution in [3.05, 3.63) is 57.0 Å². The molecule has 3 nitrogen and oxygen atoms in total. The van der Waals surface area contributed by atoms with E-state index in [-0.39, 0.29) is 11.7 Å². The highest BCUT2D eigenvalue weighted by atomic mass is 35.5. The average Bonchev–Trinajstić information content (AvgIpc) is 2.50. The van der Waals surface area contributed by atoms with Crippen molar-refractivity contribution in [2.45, 2.75) is 5.75 Å². The van der Waals surface area contributed by atoms with Gasteiger partial charge < -0.3 is 10.1 Å². The largest absolute Gasteiger partial charge is 0.495 e. The van der Waals surface area contributed by atoms with Crippen LogP contribution in [0.25, 0.3) is 0 Å². The van der Waals surface area contributed by atoms with E-state index < -0.39 is 0 Å². The normalized spacial score (nSPS) is 10.4. The van der Waals surface area contributed by atoms with E-state index in [0.29, 0.717) is 32.3 Å². The second-order valence-corrected chi connectivity index (χ2v) is 6.80. The van der Waals surface area contributed by atoms with Crippen LogP contribution in [0.2, 0.25) is 15.1 Å². The van der Waals surface area contributed by atoms with Gasteiger partial charge in [0, 0.05) is 21.5 Å². The molecule has 0 radical (unpaired) electrons. The number of hydrogen-bond acceptors (Lipinski definition) is 3. The predicted octanol–water partition coefficient (Wildman–Crippen LogP) is 5.53. The third kappa shape index (κ3) is 5.21. The second-order valence-electron chi connectivity index (χ2n) is 4.59. The van der Waals surface area contributed by atoms with Crippen molar-refractivity contribution < 1.29 is 9.53 Å². The Kier molecular flexibility index (Phi) is 6.90. The Hall–Kier alpha value is -1.07. The standard InChI is InChI=1S/C16H14Cl3NO2S/c1-22-15-6-5-10(7-14(15)19)20-16(21)9-23-8-11-12(17)3-2-4-13(11)18/h2-7H,8-9H2,1H3,(H,20,21). The van der Waals surface area contributed by atoms with Crippen LogP contribution < -0.4 is 10.1 Å². The number of anilines is 1. The average molecular weight is 391 g/mol. The monoisotopic (exact) mass is 389 g/mol. The third-order valence-electron chi connectivity index (χ3n) is 2.98. The molecule has 1 N–H and O–H groups in total. The van der Waals surface area contributed by atoms with Crippen LogP contribution in [0.3, 0.4) is 0 Å². The van der Waals surface area contributed by atoms with Gasteiger partial charge in [0.15, 0.2) is 0 Å². The zero-order chi connectivity index (χ0) is 16.8. The first kappa shape index (κ1) is 18.3. The van der Waals surface area contributed by atoms with Crippen molar-refractivity contribution in [3.63, 3.8) is 0 Å². The predicted molar refractivity (Wildman–Crippen MR) is 99.3 cm³/mol. The number of methoxy groups -OCH3 is 1. The summed E-state index contributed by atoms with van der Waals surface area (Å²) in [4.78, 5) is 12.0. The van der Waals surface area contributed by atoms with Crippen molar-refractivity contribution in [2.24, 2.45) is 0 Å². The molecule has 23 heavy (non-hydrogen) atoms. The molecule has 2 rings (SSSR count). The minimum Gasteiger partial charge on any atom is -0.495 e. The van der Waals surface area contributed by atoms with Crippen LogP contribution in [0.15, 0.2) is 36.4 Å². The van der Waals surface area contributed by atoms with E-state index in [2.05, 4.69) is 5.32 Å². The van der Waals surface area contributed by atoms with Gasteiger partial charge >= 0.3 is 0 Å². The molecule has 0 atom stereocenters. The van der Waals surface area contributed by atoms with Gasteiger partial charge in [0.25, 0.3) is 0 Å². The summed E-state index contributed by atoms with van der Waals surface area (Å²) in [6, 6.07) is 10.4. The van der Waals surface area contributed by atoms with E-state index in [4.69, 9.17) is 39.5 Å². The summed E-state index contributed by atoms with van der Waals surface area (Å²) in [6.07, 6.45) is 0. The molecule has 0 aliphatic carbocycles.